The van der Waals surface area contributed by atoms with Crippen LogP contribution < -0.4 is 0 Å². The lowest BCUT2D eigenvalue weighted by Crippen LogP contribution is -2.52. The smallest absolute Gasteiger partial charge is 0.303 e. The summed E-state index contributed by atoms with van der Waals surface area (Å²) in [5.41, 5.74) is 0. The van der Waals surface area contributed by atoms with Gasteiger partial charge in [-0.05, 0) is 0 Å². The Hall–Kier alpha value is -0.170. The van der Waals surface area contributed by atoms with E-state index in [2.05, 4.69) is 15.9 Å². The summed E-state index contributed by atoms with van der Waals surface area (Å²) in [5.74, 6) is -0.522. The maximum absolute atomic E-state index is 10.6. The van der Waals surface area contributed by atoms with Gasteiger partial charge in [0, 0.05) is 6.92 Å². The molecule has 0 amide bonds. The number of hydrogen-bond acceptors (Lipinski definition) is 5. The van der Waals surface area contributed by atoms with Gasteiger partial charge in [0.25, 0.3) is 0 Å². The zero-order valence-corrected chi connectivity index (χ0v) is 8.60. The number of hydrogen-bond donors (Lipinski definition) is 2. The summed E-state index contributed by atoms with van der Waals surface area (Å²) < 4.78 is 9.77. The number of carbonyl (C=O) groups is 1. The quantitative estimate of drug-likeness (QED) is 0.483. The first-order valence-corrected chi connectivity index (χ1v) is 4.73. The van der Waals surface area contributed by atoms with Crippen LogP contribution in [0, 0.1) is 0 Å². The average molecular weight is 255 g/mol. The minimum atomic E-state index is -1.11. The van der Waals surface area contributed by atoms with Gasteiger partial charge in [-0.25, -0.2) is 0 Å². The van der Waals surface area contributed by atoms with Crippen molar-refractivity contribution in [1.82, 2.24) is 0 Å². The van der Waals surface area contributed by atoms with Crippen molar-refractivity contribution in [2.45, 2.75) is 30.2 Å². The van der Waals surface area contributed by atoms with Gasteiger partial charge in [-0.1, -0.05) is 15.9 Å². The molecule has 1 aliphatic heterocycles. The van der Waals surface area contributed by atoms with Crippen molar-refractivity contribution in [3.05, 3.63) is 0 Å². The summed E-state index contributed by atoms with van der Waals surface area (Å²) in [7, 11) is 0. The molecule has 0 spiro atoms. The van der Waals surface area contributed by atoms with Crippen LogP contribution in [0.25, 0.3) is 0 Å². The summed E-state index contributed by atoms with van der Waals surface area (Å²) in [4.78, 5) is 10.6. The molecule has 1 aliphatic rings. The first kappa shape index (κ1) is 10.9. The minimum absolute atomic E-state index is 0.0227. The molecule has 2 N–H and O–H groups in total. The van der Waals surface area contributed by atoms with Crippen LogP contribution in [0.3, 0.4) is 0 Å². The van der Waals surface area contributed by atoms with E-state index in [1.165, 1.54) is 6.92 Å². The Morgan fingerprint density at radius 1 is 1.62 bits per heavy atom. The summed E-state index contributed by atoms with van der Waals surface area (Å²) >= 11 is 3.08. The zero-order chi connectivity index (χ0) is 10.0. The number of carbonyl (C=O) groups excluding carboxylic acids is 1. The number of esters is 1. The Balaban J connectivity index is 2.60. The number of aliphatic hydroxyl groups excluding tert-OH is 2. The van der Waals surface area contributed by atoms with Crippen LogP contribution >= 0.6 is 15.9 Å². The predicted molar refractivity (Wildman–Crippen MR) is 46.2 cm³/mol. The van der Waals surface area contributed by atoms with Gasteiger partial charge in [0.15, 0.2) is 11.1 Å². The van der Waals surface area contributed by atoms with Crippen molar-refractivity contribution in [3.63, 3.8) is 0 Å². The van der Waals surface area contributed by atoms with Gasteiger partial charge < -0.3 is 19.7 Å². The second-order valence-corrected chi connectivity index (χ2v) is 3.72. The molecular weight excluding hydrogens is 244 g/mol. The highest BCUT2D eigenvalue weighted by atomic mass is 79.9. The van der Waals surface area contributed by atoms with Crippen LogP contribution in [0.2, 0.25) is 0 Å². The van der Waals surface area contributed by atoms with E-state index in [0.29, 0.717) is 0 Å². The van der Waals surface area contributed by atoms with E-state index in [1.54, 1.807) is 0 Å². The molecule has 6 heteroatoms. The van der Waals surface area contributed by atoms with Gasteiger partial charge in [-0.2, -0.15) is 0 Å². The SMILES string of the molecule is CC(=O)O[C@H]1C(Br)OC[C@H](O)[C@@H]1O. The third-order valence-electron chi connectivity index (χ3n) is 1.72. The molecule has 0 bridgehead atoms. The predicted octanol–water partition coefficient (Wildman–Crippen LogP) is -0.609. The number of halogens is 1. The lowest BCUT2D eigenvalue weighted by molar-refractivity contribution is -0.188. The van der Waals surface area contributed by atoms with E-state index in [9.17, 15) is 15.0 Å². The van der Waals surface area contributed by atoms with Crippen molar-refractivity contribution in [2.24, 2.45) is 0 Å². The molecule has 1 fully saturated rings. The molecule has 1 saturated heterocycles. The Labute approximate surface area is 83.8 Å². The molecule has 0 aliphatic carbocycles. The maximum Gasteiger partial charge on any atom is 0.303 e. The van der Waals surface area contributed by atoms with E-state index in [0.717, 1.165) is 0 Å². The second-order valence-electron chi connectivity index (χ2n) is 2.82. The van der Waals surface area contributed by atoms with Gasteiger partial charge in [-0.3, -0.25) is 4.79 Å². The summed E-state index contributed by atoms with van der Waals surface area (Å²) in [5, 5.41) is 18.0. The van der Waals surface area contributed by atoms with Crippen LogP contribution in [-0.2, 0) is 14.3 Å². The lowest BCUT2D eigenvalue weighted by Gasteiger charge is -2.34. The number of aliphatic hydroxyl groups is 2. The molecule has 1 heterocycles. The molecule has 4 atom stereocenters. The molecule has 1 rings (SSSR count). The van der Waals surface area contributed by atoms with Crippen LogP contribution in [0.15, 0.2) is 0 Å². The van der Waals surface area contributed by atoms with Crippen molar-refractivity contribution in [1.29, 1.82) is 0 Å². The highest BCUT2D eigenvalue weighted by Crippen LogP contribution is 2.22. The summed E-state index contributed by atoms with van der Waals surface area (Å²) in [6, 6.07) is 0. The lowest BCUT2D eigenvalue weighted by atomic mass is 10.1. The molecule has 13 heavy (non-hydrogen) atoms. The Kier molecular flexibility index (Phi) is 3.66. The van der Waals surface area contributed by atoms with Crippen molar-refractivity contribution in [3.8, 4) is 0 Å². The highest BCUT2D eigenvalue weighted by Gasteiger charge is 2.39. The van der Waals surface area contributed by atoms with Crippen LogP contribution in [-0.4, -0.2) is 46.1 Å². The minimum Gasteiger partial charge on any atom is -0.456 e. The fraction of sp³-hybridized carbons (Fsp3) is 0.857. The fourth-order valence-corrected chi connectivity index (χ4v) is 1.65. The number of alkyl halides is 1. The molecule has 1 unspecified atom stereocenters. The Bertz CT molecular complexity index is 197. The van der Waals surface area contributed by atoms with E-state index >= 15 is 0 Å². The average Bonchev–Trinajstić information content (AvgIpc) is 2.05. The summed E-state index contributed by atoms with van der Waals surface area (Å²) in [6.07, 6.45) is -2.98. The van der Waals surface area contributed by atoms with E-state index < -0.39 is 29.3 Å². The van der Waals surface area contributed by atoms with E-state index in [-0.39, 0.29) is 6.61 Å². The number of ether oxygens (including phenoxy) is 2. The molecule has 0 radical (unpaired) electrons. The molecular formula is C7H11BrO5. The zero-order valence-electron chi connectivity index (χ0n) is 7.01. The maximum atomic E-state index is 10.6. The second kappa shape index (κ2) is 4.36. The first-order chi connectivity index (χ1) is 6.02. The first-order valence-electron chi connectivity index (χ1n) is 3.81. The monoisotopic (exact) mass is 254 g/mol. The van der Waals surface area contributed by atoms with Gasteiger partial charge in [0.05, 0.1) is 6.61 Å². The molecule has 0 aromatic carbocycles. The van der Waals surface area contributed by atoms with Gasteiger partial charge in [0.2, 0.25) is 0 Å². The highest BCUT2D eigenvalue weighted by molar-refractivity contribution is 9.09. The largest absolute Gasteiger partial charge is 0.456 e. The van der Waals surface area contributed by atoms with E-state index in [1.807, 2.05) is 0 Å². The Morgan fingerprint density at radius 2 is 2.23 bits per heavy atom. The summed E-state index contributed by atoms with van der Waals surface area (Å²) in [6.45, 7) is 1.25. The van der Waals surface area contributed by atoms with Crippen LogP contribution in [0.5, 0.6) is 0 Å². The number of rotatable bonds is 1. The normalized spacial score (nSPS) is 40.0. The van der Waals surface area contributed by atoms with Crippen LogP contribution in [0.1, 0.15) is 6.92 Å². The molecule has 0 aromatic rings. The molecule has 0 saturated carbocycles. The fourth-order valence-electron chi connectivity index (χ4n) is 1.07. The van der Waals surface area contributed by atoms with Gasteiger partial charge >= 0.3 is 5.97 Å². The molecule has 0 aromatic heterocycles. The van der Waals surface area contributed by atoms with Gasteiger partial charge in [-0.15, -0.1) is 0 Å². The third-order valence-corrected chi connectivity index (χ3v) is 2.50. The molecule has 5 nitrogen and oxygen atoms in total. The van der Waals surface area contributed by atoms with Crippen molar-refractivity contribution >= 4 is 21.9 Å². The Morgan fingerprint density at radius 3 is 2.77 bits per heavy atom. The third kappa shape index (κ3) is 2.63. The van der Waals surface area contributed by atoms with Crippen molar-refractivity contribution in [2.75, 3.05) is 6.61 Å². The standard InChI is InChI=1S/C7H11BrO5/c1-3(9)13-6-5(11)4(10)2-12-7(6)8/h4-7,10-11H,2H2,1H3/t4-,5-,6+,7?/m0/s1. The van der Waals surface area contributed by atoms with Gasteiger partial charge in [0.1, 0.15) is 12.2 Å². The van der Waals surface area contributed by atoms with Crippen LogP contribution in [0.4, 0.5) is 0 Å². The van der Waals surface area contributed by atoms with Crippen molar-refractivity contribution < 1.29 is 24.5 Å². The topological polar surface area (TPSA) is 76.0 Å². The van der Waals surface area contributed by atoms with E-state index in [4.69, 9.17) is 9.47 Å². The molecule has 76 valence electrons.